The van der Waals surface area contributed by atoms with Crippen molar-refractivity contribution in [3.05, 3.63) is 29.8 Å². The second-order valence-corrected chi connectivity index (χ2v) is 14.5. The highest BCUT2D eigenvalue weighted by Crippen LogP contribution is 2.80. The Labute approximate surface area is 264 Å². The molecule has 1 aromatic rings. The third-order valence-corrected chi connectivity index (χ3v) is 13.3. The lowest BCUT2D eigenvalue weighted by molar-refractivity contribution is -0.320. The molecule has 1 amide bonds. The number of likely N-dealkylation sites (tertiary alicyclic amines) is 1. The minimum atomic E-state index is -1.66. The molecule has 1 saturated heterocycles. The van der Waals surface area contributed by atoms with E-state index in [-0.39, 0.29) is 60.1 Å². The predicted octanol–water partition coefficient (Wildman–Crippen LogP) is 2.09. The zero-order valence-electron chi connectivity index (χ0n) is 27.2. The predicted molar refractivity (Wildman–Crippen MR) is 162 cm³/mol. The number of ether oxygens (including phenoxy) is 5. The maximum Gasteiger partial charge on any atom is 0.340 e. The maximum atomic E-state index is 13.7. The van der Waals surface area contributed by atoms with Crippen LogP contribution >= 0.6 is 0 Å². The van der Waals surface area contributed by atoms with Crippen LogP contribution in [0.25, 0.3) is 0 Å². The fraction of sp³-hybridized carbons (Fsp3) is 0.765. The Morgan fingerprint density at radius 3 is 2.47 bits per heavy atom. The van der Waals surface area contributed by atoms with Crippen molar-refractivity contribution >= 4 is 17.6 Å². The second-order valence-electron chi connectivity index (χ2n) is 14.5. The summed E-state index contributed by atoms with van der Waals surface area (Å²) in [6, 6.07) is 6.41. The molecule has 45 heavy (non-hydrogen) atoms. The van der Waals surface area contributed by atoms with Gasteiger partial charge >= 0.3 is 5.97 Å². The minimum Gasteiger partial charge on any atom is -0.461 e. The summed E-state index contributed by atoms with van der Waals surface area (Å²) in [5.41, 5.74) is -3.68. The molecule has 248 valence electrons. The number of hydrogen-bond donors (Lipinski definition) is 3. The van der Waals surface area contributed by atoms with Crippen molar-refractivity contribution in [1.29, 1.82) is 0 Å². The minimum absolute atomic E-state index is 0.0387. The summed E-state index contributed by atoms with van der Waals surface area (Å²) < 4.78 is 31.2. The van der Waals surface area contributed by atoms with Gasteiger partial charge in [0, 0.05) is 76.9 Å². The number of fused-ring (bicyclic) bond motifs is 2. The largest absolute Gasteiger partial charge is 0.461 e. The van der Waals surface area contributed by atoms with Gasteiger partial charge in [-0.25, -0.2) is 4.79 Å². The molecular formula is C34H48N2O9. The van der Waals surface area contributed by atoms with E-state index in [1.165, 1.54) is 6.92 Å². The van der Waals surface area contributed by atoms with E-state index >= 15 is 0 Å². The van der Waals surface area contributed by atoms with Crippen LogP contribution in [0, 0.1) is 34.5 Å². The van der Waals surface area contributed by atoms with Gasteiger partial charge in [0.05, 0.1) is 48.3 Å². The van der Waals surface area contributed by atoms with Crippen LogP contribution < -0.4 is 5.32 Å². The number of likely N-dealkylation sites (N-methyl/N-ethyl adjacent to an activating group) is 1. The average molecular weight is 629 g/mol. The average Bonchev–Trinajstić information content (AvgIpc) is 3.45. The molecule has 0 aromatic heterocycles. The molecule has 6 aliphatic rings. The van der Waals surface area contributed by atoms with E-state index in [9.17, 15) is 19.8 Å². The van der Waals surface area contributed by atoms with Crippen LogP contribution in [0.1, 0.15) is 49.9 Å². The summed E-state index contributed by atoms with van der Waals surface area (Å²) in [5.74, 6) is -1.36. The van der Waals surface area contributed by atoms with E-state index in [1.54, 1.807) is 52.7 Å². The smallest absolute Gasteiger partial charge is 0.340 e. The number of esters is 1. The summed E-state index contributed by atoms with van der Waals surface area (Å²) in [5, 5.41) is 29.2. The van der Waals surface area contributed by atoms with E-state index in [1.807, 2.05) is 0 Å². The van der Waals surface area contributed by atoms with Crippen LogP contribution in [0.2, 0.25) is 0 Å². The second kappa shape index (κ2) is 10.7. The van der Waals surface area contributed by atoms with Crippen LogP contribution in [0.4, 0.5) is 5.69 Å². The van der Waals surface area contributed by atoms with Gasteiger partial charge in [-0.2, -0.15) is 0 Å². The first-order chi connectivity index (χ1) is 21.5. The van der Waals surface area contributed by atoms with Crippen molar-refractivity contribution < 1.29 is 43.5 Å². The number of nitrogens with one attached hydrogen (secondary N) is 1. The Bertz CT molecular complexity index is 1360. The Balaban J connectivity index is 1.37. The molecule has 7 rings (SSSR count). The highest BCUT2D eigenvalue weighted by molar-refractivity contribution is 6.00. The number of rotatable bonds is 9. The number of aliphatic hydroxyl groups is 2. The van der Waals surface area contributed by atoms with Gasteiger partial charge in [-0.3, -0.25) is 9.69 Å². The van der Waals surface area contributed by atoms with E-state index in [4.69, 9.17) is 23.7 Å². The Kier molecular flexibility index (Phi) is 7.48. The number of hydrogen-bond acceptors (Lipinski definition) is 10. The zero-order valence-corrected chi connectivity index (χ0v) is 27.2. The van der Waals surface area contributed by atoms with Crippen LogP contribution in [-0.2, 0) is 28.5 Å². The number of carbonyl (C=O) groups excluding carboxylic acids is 2. The molecule has 1 aromatic carbocycles. The van der Waals surface area contributed by atoms with Crippen molar-refractivity contribution in [1.82, 2.24) is 4.90 Å². The summed E-state index contributed by atoms with van der Waals surface area (Å²) >= 11 is 0. The summed E-state index contributed by atoms with van der Waals surface area (Å²) in [6.07, 6.45) is 0.993. The van der Waals surface area contributed by atoms with Gasteiger partial charge in [0.25, 0.3) is 0 Å². The standard InChI is InChI=1S/C34H48N2O9/c1-7-36-16-31(17-45-29(38)19-10-8-9-11-22(19)35-18(2)37)13-12-24(42-4)33-21-14-20-23(41-3)15-32(39,25(21)26(20)43-5)34(40,30(33)36)28(44-6)27(31)33/h8-11,20-21,23-28,30,39-40H,7,12-17H2,1-6H3,(H,35,37)/t20-,21?,23?,24+,25?,26+,27-,28+,30+,31+,32-,33+,34+/m1/s1. The number of para-hydroxylation sites is 1. The topological polar surface area (TPSA) is 136 Å². The van der Waals surface area contributed by atoms with E-state index in [0.29, 0.717) is 31.6 Å². The zero-order chi connectivity index (χ0) is 32.1. The first-order valence-corrected chi connectivity index (χ1v) is 16.4. The molecule has 7 bridgehead atoms. The molecule has 6 fully saturated rings. The lowest BCUT2D eigenvalue weighted by atomic mass is 9.42. The Morgan fingerprint density at radius 1 is 1.07 bits per heavy atom. The van der Waals surface area contributed by atoms with Crippen molar-refractivity contribution in [2.24, 2.45) is 34.5 Å². The number of nitrogens with zero attached hydrogens (tertiary/aromatic N) is 1. The number of anilines is 1. The van der Waals surface area contributed by atoms with Gasteiger partial charge in [-0.15, -0.1) is 0 Å². The third kappa shape index (κ3) is 3.72. The van der Waals surface area contributed by atoms with Gasteiger partial charge in [-0.1, -0.05) is 19.1 Å². The van der Waals surface area contributed by atoms with Gasteiger partial charge in [0.15, 0.2) is 0 Å². The van der Waals surface area contributed by atoms with E-state index < -0.39 is 40.1 Å². The van der Waals surface area contributed by atoms with Crippen molar-refractivity contribution in [3.63, 3.8) is 0 Å². The van der Waals surface area contributed by atoms with Gasteiger partial charge in [0.2, 0.25) is 5.91 Å². The molecule has 3 unspecified atom stereocenters. The maximum absolute atomic E-state index is 13.7. The Morgan fingerprint density at radius 2 is 1.82 bits per heavy atom. The first-order valence-electron chi connectivity index (χ1n) is 16.4. The quantitative estimate of drug-likeness (QED) is 0.349. The highest BCUT2D eigenvalue weighted by atomic mass is 16.5. The Hall–Kier alpha value is -2.12. The number of piperidine rings is 1. The molecule has 11 heteroatoms. The summed E-state index contributed by atoms with van der Waals surface area (Å²) in [6.45, 7) is 4.81. The van der Waals surface area contributed by atoms with Crippen LogP contribution in [0.15, 0.2) is 24.3 Å². The fourth-order valence-corrected chi connectivity index (χ4v) is 12.2. The molecule has 5 saturated carbocycles. The molecule has 5 aliphatic carbocycles. The third-order valence-electron chi connectivity index (χ3n) is 13.3. The van der Waals surface area contributed by atoms with Crippen LogP contribution in [0.5, 0.6) is 0 Å². The van der Waals surface area contributed by atoms with Gasteiger partial charge in [0.1, 0.15) is 11.2 Å². The number of benzene rings is 1. The van der Waals surface area contributed by atoms with Crippen molar-refractivity contribution in [2.45, 2.75) is 81.2 Å². The van der Waals surface area contributed by atoms with E-state index in [2.05, 4.69) is 17.1 Å². The molecule has 3 N–H and O–H groups in total. The van der Waals surface area contributed by atoms with Crippen molar-refractivity contribution in [3.8, 4) is 0 Å². The van der Waals surface area contributed by atoms with Crippen molar-refractivity contribution in [2.75, 3.05) is 53.5 Å². The molecule has 1 heterocycles. The highest BCUT2D eigenvalue weighted by Gasteiger charge is 2.91. The first kappa shape index (κ1) is 31.5. The van der Waals surface area contributed by atoms with Gasteiger partial charge < -0.3 is 39.2 Å². The molecule has 11 nitrogen and oxygen atoms in total. The lowest BCUT2D eigenvalue weighted by Crippen LogP contribution is -2.82. The fourth-order valence-electron chi connectivity index (χ4n) is 12.2. The number of methoxy groups -OCH3 is 4. The molecular weight excluding hydrogens is 580 g/mol. The monoisotopic (exact) mass is 628 g/mol. The molecule has 0 radical (unpaired) electrons. The van der Waals surface area contributed by atoms with Gasteiger partial charge in [-0.05, 0) is 43.9 Å². The summed E-state index contributed by atoms with van der Waals surface area (Å²) in [7, 11) is 6.75. The SMILES string of the molecule is CCN1C[C@]2(COC(=O)c3ccccc3NC(C)=O)CC[C@H](OC)[C@@]34C5C[C@@H]6C(OC)C[C@@](O)(C5[C@H]6OC)[C@](O)([C@@H](OC)[C@H]23)[C@@H]14. The van der Waals surface area contributed by atoms with Crippen LogP contribution in [0.3, 0.4) is 0 Å². The van der Waals surface area contributed by atoms with E-state index in [0.717, 1.165) is 12.8 Å². The van der Waals surface area contributed by atoms with Crippen LogP contribution in [-0.4, -0.2) is 117 Å². The number of amides is 1. The molecule has 1 aliphatic heterocycles. The molecule has 13 atom stereocenters. The number of carbonyl (C=O) groups is 2. The summed E-state index contributed by atoms with van der Waals surface area (Å²) in [4.78, 5) is 27.9. The molecule has 1 spiro atoms. The lowest BCUT2D eigenvalue weighted by Gasteiger charge is -2.70. The normalized spacial score (nSPS) is 47.4.